The summed E-state index contributed by atoms with van der Waals surface area (Å²) >= 11 is 0. The molecule has 0 atom stereocenters. The number of unbranched alkanes of at least 4 members (excludes halogenated alkanes) is 5. The maximum atomic E-state index is 4.14. The fourth-order valence-corrected chi connectivity index (χ4v) is 2.73. The van der Waals surface area contributed by atoms with Crippen molar-refractivity contribution in [2.75, 3.05) is 0 Å². The van der Waals surface area contributed by atoms with E-state index in [0.717, 1.165) is 11.1 Å². The molecule has 0 aliphatic carbocycles. The van der Waals surface area contributed by atoms with E-state index in [2.05, 4.69) is 60.4 Å². The lowest BCUT2D eigenvalue weighted by Gasteiger charge is -2.02. The summed E-state index contributed by atoms with van der Waals surface area (Å²) in [5.74, 6) is 0. The molecule has 0 saturated heterocycles. The molecule has 2 aromatic rings. The minimum absolute atomic E-state index is 1.07. The van der Waals surface area contributed by atoms with Crippen molar-refractivity contribution in [2.24, 2.45) is 10.2 Å². The Morgan fingerprint density at radius 2 is 1.20 bits per heavy atom. The third kappa shape index (κ3) is 7.93. The van der Waals surface area contributed by atoms with Crippen molar-refractivity contribution in [1.82, 2.24) is 0 Å². The van der Waals surface area contributed by atoms with Crippen LogP contribution in [0.3, 0.4) is 0 Å². The van der Waals surface area contributed by atoms with E-state index >= 15 is 0 Å². The molecule has 0 radical (unpaired) electrons. The summed E-state index contributed by atoms with van der Waals surface area (Å²) in [7, 11) is 0. The lowest BCUT2D eigenvalue weighted by atomic mass is 10.0. The van der Waals surface area contributed by atoms with Crippen LogP contribution in [0.2, 0.25) is 0 Å². The maximum absolute atomic E-state index is 4.14. The Balaban J connectivity index is 1.73. The molecule has 0 fully saturated rings. The van der Waals surface area contributed by atoms with Gasteiger partial charge in [-0.2, -0.15) is 10.2 Å². The highest BCUT2D eigenvalue weighted by atomic mass is 15.2. The zero-order chi connectivity index (χ0) is 17.7. The van der Waals surface area contributed by atoms with Crippen molar-refractivity contribution in [2.45, 2.75) is 58.8 Å². The first-order chi connectivity index (χ1) is 12.3. The Morgan fingerprint density at radius 1 is 0.680 bits per heavy atom. The molecule has 2 rings (SSSR count). The molecule has 0 N–H and O–H groups in total. The van der Waals surface area contributed by atoms with Crippen LogP contribution in [-0.4, -0.2) is 12.4 Å². The van der Waals surface area contributed by atoms with Crippen molar-refractivity contribution >= 4 is 12.4 Å². The van der Waals surface area contributed by atoms with Crippen LogP contribution in [0.25, 0.3) is 0 Å². The number of nitrogens with zero attached hydrogens (tertiary/aromatic N) is 2. The number of hydrogen-bond acceptors (Lipinski definition) is 2. The fraction of sp³-hybridized carbons (Fsp3) is 0.391. The number of benzene rings is 2. The molecule has 2 heteroatoms. The molecule has 25 heavy (non-hydrogen) atoms. The van der Waals surface area contributed by atoms with Gasteiger partial charge in [-0.3, -0.25) is 0 Å². The second kappa shape index (κ2) is 11.4. The van der Waals surface area contributed by atoms with Gasteiger partial charge in [0, 0.05) is 0 Å². The van der Waals surface area contributed by atoms with Gasteiger partial charge in [0.2, 0.25) is 0 Å². The van der Waals surface area contributed by atoms with E-state index in [1.165, 1.54) is 56.1 Å². The molecule has 0 bridgehead atoms. The normalized spacial score (nSPS) is 11.6. The van der Waals surface area contributed by atoms with Crippen LogP contribution >= 0.6 is 0 Å². The predicted octanol–water partition coefficient (Wildman–Crippen LogP) is 6.35. The van der Waals surface area contributed by atoms with E-state index in [9.17, 15) is 0 Å². The standard InChI is InChI=1S/C23H30N2/c1-3-4-5-6-7-8-9-21-14-16-23(17-15-21)19-25-24-18-22-12-10-20(2)11-13-22/h10-19H,3-9H2,1-2H3/b24-18+,25-19+. The van der Waals surface area contributed by atoms with Gasteiger partial charge < -0.3 is 0 Å². The molecule has 132 valence electrons. The highest BCUT2D eigenvalue weighted by Gasteiger charge is 1.95. The van der Waals surface area contributed by atoms with Crippen LogP contribution in [0, 0.1) is 6.92 Å². The molecular weight excluding hydrogens is 304 g/mol. The van der Waals surface area contributed by atoms with E-state index in [1.807, 2.05) is 12.1 Å². The van der Waals surface area contributed by atoms with Crippen LogP contribution in [0.4, 0.5) is 0 Å². The molecule has 0 saturated carbocycles. The summed E-state index contributed by atoms with van der Waals surface area (Å²) in [4.78, 5) is 0. The van der Waals surface area contributed by atoms with E-state index < -0.39 is 0 Å². The highest BCUT2D eigenvalue weighted by Crippen LogP contribution is 2.10. The van der Waals surface area contributed by atoms with E-state index in [-0.39, 0.29) is 0 Å². The summed E-state index contributed by atoms with van der Waals surface area (Å²) < 4.78 is 0. The van der Waals surface area contributed by atoms with Crippen LogP contribution < -0.4 is 0 Å². The Hall–Kier alpha value is -2.22. The molecule has 0 amide bonds. The third-order valence-corrected chi connectivity index (χ3v) is 4.36. The van der Waals surface area contributed by atoms with Gasteiger partial charge in [0.15, 0.2) is 0 Å². The SMILES string of the molecule is CCCCCCCCc1ccc(/C=N/N=C/c2ccc(C)cc2)cc1. The molecule has 0 unspecified atom stereocenters. The van der Waals surface area contributed by atoms with Crippen LogP contribution in [-0.2, 0) is 6.42 Å². The fourth-order valence-electron chi connectivity index (χ4n) is 2.73. The van der Waals surface area contributed by atoms with Gasteiger partial charge in [-0.25, -0.2) is 0 Å². The maximum Gasteiger partial charge on any atom is 0.0568 e. The van der Waals surface area contributed by atoms with Gasteiger partial charge in [0.25, 0.3) is 0 Å². The topological polar surface area (TPSA) is 24.7 Å². The van der Waals surface area contributed by atoms with Crippen molar-refractivity contribution in [3.8, 4) is 0 Å². The number of aryl methyl sites for hydroxylation is 2. The van der Waals surface area contributed by atoms with Crippen LogP contribution in [0.15, 0.2) is 58.7 Å². The van der Waals surface area contributed by atoms with Crippen molar-refractivity contribution in [3.05, 3.63) is 70.8 Å². The molecule has 2 nitrogen and oxygen atoms in total. The molecule has 0 aliphatic heterocycles. The van der Waals surface area contributed by atoms with Gasteiger partial charge in [-0.05, 0) is 36.5 Å². The van der Waals surface area contributed by atoms with Crippen LogP contribution in [0.5, 0.6) is 0 Å². The van der Waals surface area contributed by atoms with Crippen molar-refractivity contribution in [3.63, 3.8) is 0 Å². The highest BCUT2D eigenvalue weighted by molar-refractivity contribution is 5.82. The Bertz CT molecular complexity index is 651. The first-order valence-electron chi connectivity index (χ1n) is 9.50. The molecule has 2 aromatic carbocycles. The Morgan fingerprint density at radius 3 is 1.80 bits per heavy atom. The molecule has 0 spiro atoms. The van der Waals surface area contributed by atoms with Crippen molar-refractivity contribution in [1.29, 1.82) is 0 Å². The summed E-state index contributed by atoms with van der Waals surface area (Å²) in [5, 5.41) is 8.26. The van der Waals surface area contributed by atoms with E-state index in [4.69, 9.17) is 0 Å². The second-order valence-corrected chi connectivity index (χ2v) is 6.66. The number of rotatable bonds is 10. The van der Waals surface area contributed by atoms with Gasteiger partial charge in [-0.15, -0.1) is 0 Å². The Kier molecular flexibility index (Phi) is 8.68. The minimum atomic E-state index is 1.07. The van der Waals surface area contributed by atoms with Gasteiger partial charge >= 0.3 is 0 Å². The third-order valence-electron chi connectivity index (χ3n) is 4.36. The van der Waals surface area contributed by atoms with Crippen LogP contribution in [0.1, 0.15) is 67.7 Å². The first kappa shape index (κ1) is 19.1. The smallest absolute Gasteiger partial charge is 0.0568 e. The van der Waals surface area contributed by atoms with E-state index in [0.29, 0.717) is 0 Å². The lowest BCUT2D eigenvalue weighted by Crippen LogP contribution is -1.88. The van der Waals surface area contributed by atoms with Gasteiger partial charge in [-0.1, -0.05) is 93.1 Å². The summed E-state index contributed by atoms with van der Waals surface area (Å²) in [6, 6.07) is 16.9. The molecule has 0 heterocycles. The predicted molar refractivity (Wildman–Crippen MR) is 110 cm³/mol. The second-order valence-electron chi connectivity index (χ2n) is 6.66. The van der Waals surface area contributed by atoms with Gasteiger partial charge in [0.1, 0.15) is 0 Å². The van der Waals surface area contributed by atoms with E-state index in [1.54, 1.807) is 12.4 Å². The largest absolute Gasteiger partial charge is 0.159 e. The van der Waals surface area contributed by atoms with Gasteiger partial charge in [0.05, 0.1) is 12.4 Å². The minimum Gasteiger partial charge on any atom is -0.159 e. The summed E-state index contributed by atoms with van der Waals surface area (Å²) in [6.45, 7) is 4.34. The number of hydrogen-bond donors (Lipinski definition) is 0. The van der Waals surface area contributed by atoms with Crippen molar-refractivity contribution < 1.29 is 0 Å². The monoisotopic (exact) mass is 334 g/mol. The molecule has 0 aliphatic rings. The molecule has 0 aromatic heterocycles. The zero-order valence-corrected chi connectivity index (χ0v) is 15.6. The lowest BCUT2D eigenvalue weighted by molar-refractivity contribution is 0.607. The summed E-state index contributed by atoms with van der Waals surface area (Å²) in [6.07, 6.45) is 12.8. The quantitative estimate of drug-likeness (QED) is 0.275. The summed E-state index contributed by atoms with van der Waals surface area (Å²) in [5.41, 5.74) is 4.82. The Labute approximate surface area is 152 Å². The molecular formula is C23H30N2. The average molecular weight is 335 g/mol. The average Bonchev–Trinajstić information content (AvgIpc) is 2.64. The zero-order valence-electron chi connectivity index (χ0n) is 15.6. The first-order valence-corrected chi connectivity index (χ1v) is 9.50.